The van der Waals surface area contributed by atoms with Crippen LogP contribution in [0.15, 0.2) is 48.7 Å². The normalized spacial score (nSPS) is 31.4. The molecule has 1 aliphatic heterocycles. The monoisotopic (exact) mass is 492 g/mol. The Kier molecular flexibility index (Phi) is 7.08. The molecule has 0 unspecified atom stereocenters. The highest BCUT2D eigenvalue weighted by Crippen LogP contribution is 2.53. The Labute approximate surface area is 211 Å². The first kappa shape index (κ1) is 24.5. The van der Waals surface area contributed by atoms with Gasteiger partial charge in [-0.15, -0.1) is 0 Å². The van der Waals surface area contributed by atoms with Crippen molar-refractivity contribution in [1.82, 2.24) is 10.3 Å². The average molecular weight is 493 g/mol. The lowest BCUT2D eigenvalue weighted by molar-refractivity contribution is -0.144. The summed E-state index contributed by atoms with van der Waals surface area (Å²) in [6, 6.07) is 10.4. The van der Waals surface area contributed by atoms with Crippen molar-refractivity contribution in [2.24, 2.45) is 29.6 Å². The van der Waals surface area contributed by atoms with Crippen LogP contribution in [-0.2, 0) is 14.3 Å². The van der Waals surface area contributed by atoms with Crippen LogP contribution >= 0.6 is 0 Å². The van der Waals surface area contributed by atoms with Gasteiger partial charge < -0.3 is 14.8 Å². The fraction of sp³-hybridized carbons (Fsp3) is 0.483. The lowest BCUT2D eigenvalue weighted by Gasteiger charge is -2.47. The number of fused-ring (bicyclic) bond motifs is 2. The van der Waals surface area contributed by atoms with E-state index in [1.807, 2.05) is 31.2 Å². The SMILES string of the molecule is CCOC(=O)N[C@H]1CC[C@H]2[C@H](C1)C[C@H]1C(=O)O[C@@H](C)[C@@H]1[C@H]2C=Cc1ccc(-c2cccc(F)c2)cn1. The first-order valence-electron chi connectivity index (χ1n) is 13.0. The van der Waals surface area contributed by atoms with Crippen LogP contribution in [0.4, 0.5) is 9.18 Å². The van der Waals surface area contributed by atoms with Gasteiger partial charge in [-0.3, -0.25) is 9.78 Å². The minimum atomic E-state index is -0.368. The zero-order valence-electron chi connectivity index (χ0n) is 20.7. The lowest BCUT2D eigenvalue weighted by atomic mass is 9.57. The highest BCUT2D eigenvalue weighted by Gasteiger charge is 2.54. The Bertz CT molecular complexity index is 1130. The number of ether oxygens (including phenoxy) is 2. The summed E-state index contributed by atoms with van der Waals surface area (Å²) in [4.78, 5) is 29.2. The van der Waals surface area contributed by atoms with Gasteiger partial charge in [-0.05, 0) is 87.1 Å². The first-order valence-corrected chi connectivity index (χ1v) is 13.0. The molecule has 7 heteroatoms. The number of hydrogen-bond acceptors (Lipinski definition) is 5. The largest absolute Gasteiger partial charge is 0.462 e. The van der Waals surface area contributed by atoms with Crippen molar-refractivity contribution in [2.45, 2.75) is 51.7 Å². The van der Waals surface area contributed by atoms with Crippen LogP contribution in [0.2, 0.25) is 0 Å². The number of hydrogen-bond donors (Lipinski definition) is 1. The van der Waals surface area contributed by atoms with Crippen LogP contribution < -0.4 is 5.32 Å². The van der Waals surface area contributed by atoms with Gasteiger partial charge in [-0.1, -0.05) is 24.3 Å². The Morgan fingerprint density at radius 3 is 2.83 bits per heavy atom. The molecular weight excluding hydrogens is 459 g/mol. The third-order valence-corrected chi connectivity index (χ3v) is 8.18. The van der Waals surface area contributed by atoms with Crippen LogP contribution in [0.3, 0.4) is 0 Å². The number of pyridine rings is 1. The Morgan fingerprint density at radius 1 is 1.22 bits per heavy atom. The Morgan fingerprint density at radius 2 is 2.08 bits per heavy atom. The second kappa shape index (κ2) is 10.4. The van der Waals surface area contributed by atoms with E-state index in [4.69, 9.17) is 9.47 Å². The average Bonchev–Trinajstić information content (AvgIpc) is 3.15. The number of nitrogens with zero attached hydrogens (tertiary/aromatic N) is 1. The van der Waals surface area contributed by atoms with Gasteiger partial charge in [0.05, 0.1) is 18.2 Å². The molecule has 1 saturated heterocycles. The molecule has 2 saturated carbocycles. The van der Waals surface area contributed by atoms with Crippen LogP contribution in [0, 0.1) is 35.4 Å². The number of nitrogens with one attached hydrogen (secondary N) is 1. The summed E-state index contributed by atoms with van der Waals surface area (Å²) in [6.45, 7) is 4.15. The molecule has 7 atom stereocenters. The zero-order chi connectivity index (χ0) is 25.2. The smallest absolute Gasteiger partial charge is 0.407 e. The first-order chi connectivity index (χ1) is 17.4. The van der Waals surface area contributed by atoms with Crippen molar-refractivity contribution < 1.29 is 23.5 Å². The third kappa shape index (κ3) is 5.01. The molecule has 1 amide bonds. The number of rotatable bonds is 5. The fourth-order valence-electron chi connectivity index (χ4n) is 6.64. The summed E-state index contributed by atoms with van der Waals surface area (Å²) < 4.78 is 24.3. The topological polar surface area (TPSA) is 77.5 Å². The van der Waals surface area contributed by atoms with Crippen LogP contribution in [0.5, 0.6) is 0 Å². The molecule has 1 N–H and O–H groups in total. The lowest BCUT2D eigenvalue weighted by Crippen LogP contribution is -2.48. The number of carbonyl (C=O) groups excluding carboxylic acids is 2. The number of benzene rings is 1. The summed E-state index contributed by atoms with van der Waals surface area (Å²) in [5.41, 5.74) is 2.48. The molecule has 1 aromatic carbocycles. The molecule has 190 valence electrons. The maximum Gasteiger partial charge on any atom is 0.407 e. The zero-order valence-corrected chi connectivity index (χ0v) is 20.7. The standard InChI is InChI=1S/C29H33FN2O4/c1-3-35-29(34)32-23-10-11-24-20(14-23)15-26-27(17(2)36-28(26)33)25(24)12-9-22-8-7-19(16-31-22)18-5-4-6-21(30)13-18/h4-9,12-13,16-17,20,23-27H,3,10-11,14-15H2,1-2H3,(H,32,34)/t17-,20+,23-,24-,25-,26+,27+/m0/s1. The second-order valence-corrected chi connectivity index (χ2v) is 10.3. The number of aromatic nitrogens is 1. The number of esters is 1. The van der Waals surface area contributed by atoms with Crippen LogP contribution in [-0.4, -0.2) is 35.8 Å². The number of allylic oxidation sites excluding steroid dienone is 1. The third-order valence-electron chi connectivity index (χ3n) is 8.18. The summed E-state index contributed by atoms with van der Waals surface area (Å²) in [5.74, 6) is 0.629. The van der Waals surface area contributed by atoms with E-state index in [-0.39, 0.29) is 47.8 Å². The molecule has 36 heavy (non-hydrogen) atoms. The van der Waals surface area contributed by atoms with Crippen molar-refractivity contribution in [3.05, 3.63) is 60.2 Å². The Hall–Kier alpha value is -3.22. The maximum atomic E-state index is 13.6. The van der Waals surface area contributed by atoms with Gasteiger partial charge in [0.15, 0.2) is 0 Å². The van der Waals surface area contributed by atoms with Gasteiger partial charge in [0.2, 0.25) is 0 Å². The van der Waals surface area contributed by atoms with Crippen LogP contribution in [0.25, 0.3) is 17.2 Å². The van der Waals surface area contributed by atoms with Crippen molar-refractivity contribution in [1.29, 1.82) is 0 Å². The number of cyclic esters (lactones) is 1. The van der Waals surface area contributed by atoms with E-state index in [1.54, 1.807) is 19.2 Å². The molecule has 0 radical (unpaired) electrons. The molecule has 0 bridgehead atoms. The van der Waals surface area contributed by atoms with E-state index in [2.05, 4.69) is 16.4 Å². The quantitative estimate of drug-likeness (QED) is 0.548. The van der Waals surface area contributed by atoms with E-state index < -0.39 is 0 Å². The number of alkyl carbamates (subject to hydrolysis) is 1. The summed E-state index contributed by atoms with van der Waals surface area (Å²) in [5, 5.41) is 3.00. The summed E-state index contributed by atoms with van der Waals surface area (Å²) in [7, 11) is 0. The fourth-order valence-corrected chi connectivity index (χ4v) is 6.64. The molecule has 0 spiro atoms. The summed E-state index contributed by atoms with van der Waals surface area (Å²) >= 11 is 0. The van der Waals surface area contributed by atoms with E-state index >= 15 is 0 Å². The van der Waals surface area contributed by atoms with Gasteiger partial charge in [-0.25, -0.2) is 9.18 Å². The van der Waals surface area contributed by atoms with Crippen molar-refractivity contribution in [2.75, 3.05) is 6.61 Å². The Balaban J connectivity index is 1.34. The second-order valence-electron chi connectivity index (χ2n) is 10.3. The molecule has 3 aliphatic rings. The molecule has 5 rings (SSSR count). The summed E-state index contributed by atoms with van der Waals surface area (Å²) in [6.07, 6.45) is 9.07. The number of halogens is 1. The minimum absolute atomic E-state index is 0.0679. The maximum absolute atomic E-state index is 13.6. The molecule has 6 nitrogen and oxygen atoms in total. The van der Waals surface area contributed by atoms with E-state index in [0.717, 1.165) is 42.5 Å². The van der Waals surface area contributed by atoms with Crippen molar-refractivity contribution in [3.63, 3.8) is 0 Å². The van der Waals surface area contributed by atoms with E-state index in [9.17, 15) is 14.0 Å². The highest BCUT2D eigenvalue weighted by atomic mass is 19.1. The number of amides is 1. The minimum Gasteiger partial charge on any atom is -0.462 e. The van der Waals surface area contributed by atoms with Gasteiger partial charge >= 0.3 is 12.1 Å². The molecule has 2 heterocycles. The predicted octanol–water partition coefficient (Wildman–Crippen LogP) is 5.63. The predicted molar refractivity (Wildman–Crippen MR) is 134 cm³/mol. The van der Waals surface area contributed by atoms with Crippen molar-refractivity contribution in [3.8, 4) is 11.1 Å². The van der Waals surface area contributed by atoms with Gasteiger partial charge in [0.25, 0.3) is 0 Å². The van der Waals surface area contributed by atoms with E-state index in [0.29, 0.717) is 18.4 Å². The van der Waals surface area contributed by atoms with Gasteiger partial charge in [-0.2, -0.15) is 0 Å². The molecule has 3 fully saturated rings. The number of carbonyl (C=O) groups is 2. The highest BCUT2D eigenvalue weighted by molar-refractivity contribution is 5.75. The van der Waals surface area contributed by atoms with E-state index in [1.165, 1.54) is 12.1 Å². The molecule has 2 aromatic rings. The molecular formula is C29H33FN2O4. The van der Waals surface area contributed by atoms with Gasteiger partial charge in [0.1, 0.15) is 11.9 Å². The molecule has 1 aromatic heterocycles. The molecule has 2 aliphatic carbocycles. The van der Waals surface area contributed by atoms with Crippen LogP contribution in [0.1, 0.15) is 45.2 Å². The van der Waals surface area contributed by atoms with Gasteiger partial charge in [0, 0.05) is 23.7 Å². The van der Waals surface area contributed by atoms with Crippen molar-refractivity contribution >= 4 is 18.1 Å².